The molecule has 1 aromatic carbocycles. The number of aromatic nitrogens is 1. The third kappa shape index (κ3) is 8.53. The number of amides is 2. The molecular formula is C22H32N4O7S2. The van der Waals surface area contributed by atoms with Gasteiger partial charge >= 0.3 is 6.01 Å². The maximum atomic E-state index is 12.9. The minimum Gasteiger partial charge on any atom is -0.430 e. The summed E-state index contributed by atoms with van der Waals surface area (Å²) in [5, 5.41) is 27.3. The van der Waals surface area contributed by atoms with E-state index in [1.165, 1.54) is 25.7 Å². The normalized spacial score (nSPS) is 15.0. The fourth-order valence-electron chi connectivity index (χ4n) is 3.33. The fourth-order valence-corrected chi connectivity index (χ4v) is 4.19. The van der Waals surface area contributed by atoms with E-state index in [2.05, 4.69) is 15.6 Å². The Morgan fingerprint density at radius 2 is 1.77 bits per heavy atom. The number of nitrogens with zero attached hydrogens (tertiary/aromatic N) is 2. The summed E-state index contributed by atoms with van der Waals surface area (Å²) in [6, 6.07) is 7.08. The molecule has 2 rings (SSSR count). The molecule has 35 heavy (non-hydrogen) atoms. The van der Waals surface area contributed by atoms with Crippen LogP contribution in [0.3, 0.4) is 0 Å². The van der Waals surface area contributed by atoms with Gasteiger partial charge in [-0.15, -0.1) is 0 Å². The van der Waals surface area contributed by atoms with Crippen molar-refractivity contribution in [3.05, 3.63) is 47.9 Å². The Bertz CT molecular complexity index is 1080. The smallest absolute Gasteiger partial charge is 0.311 e. The maximum absolute atomic E-state index is 12.9. The van der Waals surface area contributed by atoms with Gasteiger partial charge in [-0.05, 0) is 30.4 Å². The van der Waals surface area contributed by atoms with Crippen molar-refractivity contribution in [2.24, 2.45) is 0 Å². The van der Waals surface area contributed by atoms with Gasteiger partial charge in [-0.1, -0.05) is 30.3 Å². The summed E-state index contributed by atoms with van der Waals surface area (Å²) >= 11 is 1.53. The summed E-state index contributed by atoms with van der Waals surface area (Å²) < 4.78 is 29.3. The molecule has 2 aromatic rings. The van der Waals surface area contributed by atoms with Crippen LogP contribution in [0.5, 0.6) is 0 Å². The number of hydrogen-bond acceptors (Lipinski definition) is 9. The highest BCUT2D eigenvalue weighted by atomic mass is 32.2. The number of aliphatic hydroxyl groups is 2. The first-order valence-corrected chi connectivity index (χ1v) is 14.0. The van der Waals surface area contributed by atoms with Crippen molar-refractivity contribution in [1.82, 2.24) is 15.6 Å². The summed E-state index contributed by atoms with van der Waals surface area (Å²) in [6.07, 6.45) is 1.64. The number of carbonyl (C=O) groups excluding carboxylic acids is 2. The molecule has 194 valence electrons. The largest absolute Gasteiger partial charge is 0.430 e. The van der Waals surface area contributed by atoms with Gasteiger partial charge in [-0.25, -0.2) is 12.7 Å². The van der Waals surface area contributed by atoms with E-state index in [0.717, 1.165) is 22.4 Å². The lowest BCUT2D eigenvalue weighted by molar-refractivity contribution is -0.121. The van der Waals surface area contributed by atoms with Gasteiger partial charge in [0.1, 0.15) is 18.5 Å². The van der Waals surface area contributed by atoms with Crippen molar-refractivity contribution >= 4 is 39.6 Å². The molecule has 0 bridgehead atoms. The summed E-state index contributed by atoms with van der Waals surface area (Å²) in [6.45, 7) is 1.32. The number of thioether (sulfide) groups is 1. The maximum Gasteiger partial charge on any atom is 0.311 e. The molecule has 0 fully saturated rings. The van der Waals surface area contributed by atoms with Crippen LogP contribution in [0.2, 0.25) is 0 Å². The minimum absolute atomic E-state index is 0.175. The zero-order valence-corrected chi connectivity index (χ0v) is 21.7. The first-order chi connectivity index (χ1) is 16.4. The lowest BCUT2D eigenvalue weighted by Crippen LogP contribution is -2.56. The van der Waals surface area contributed by atoms with Crippen LogP contribution in [0, 0.1) is 0 Å². The van der Waals surface area contributed by atoms with Crippen molar-refractivity contribution in [3.8, 4) is 0 Å². The van der Waals surface area contributed by atoms with Gasteiger partial charge in [0.25, 0.3) is 5.91 Å². The van der Waals surface area contributed by atoms with Crippen LogP contribution >= 0.6 is 11.8 Å². The predicted molar refractivity (Wildman–Crippen MR) is 134 cm³/mol. The van der Waals surface area contributed by atoms with Crippen LogP contribution < -0.4 is 14.9 Å². The summed E-state index contributed by atoms with van der Waals surface area (Å²) in [4.78, 5) is 28.5. The average molecular weight is 529 g/mol. The summed E-state index contributed by atoms with van der Waals surface area (Å²) in [7, 11) is -2.41. The molecule has 1 heterocycles. The molecule has 13 heteroatoms. The number of oxazole rings is 1. The van der Waals surface area contributed by atoms with Crippen molar-refractivity contribution in [1.29, 1.82) is 0 Å². The van der Waals surface area contributed by atoms with Crippen molar-refractivity contribution < 1.29 is 32.6 Å². The summed E-state index contributed by atoms with van der Waals surface area (Å²) in [5.74, 6) is -0.439. The predicted octanol–water partition coefficient (Wildman–Crippen LogP) is 0.391. The molecule has 1 aromatic heterocycles. The Labute approximate surface area is 209 Å². The highest BCUT2D eigenvalue weighted by Crippen LogP contribution is 2.17. The minimum atomic E-state index is -3.65. The fraction of sp³-hybridized carbons (Fsp3) is 0.500. The molecule has 0 spiro atoms. The summed E-state index contributed by atoms with van der Waals surface area (Å²) in [5.41, 5.74) is 0.595. The molecule has 4 unspecified atom stereocenters. The SMILES string of the molecule is CSCCC(NC(C)=O)C(O)C(O)C(Cc1ccccc1)NC(=O)c1coc(N(C)S(C)(=O)=O)n1. The topological polar surface area (TPSA) is 162 Å². The number of sulfonamides is 1. The molecule has 11 nitrogen and oxygen atoms in total. The number of benzene rings is 1. The van der Waals surface area contributed by atoms with Crippen LogP contribution in [0.25, 0.3) is 0 Å². The van der Waals surface area contributed by atoms with Crippen LogP contribution in [-0.4, -0.2) is 85.0 Å². The van der Waals surface area contributed by atoms with Crippen LogP contribution in [0.1, 0.15) is 29.4 Å². The Morgan fingerprint density at radius 3 is 2.34 bits per heavy atom. The second kappa shape index (κ2) is 12.9. The number of nitrogens with one attached hydrogen (secondary N) is 2. The Morgan fingerprint density at radius 1 is 1.14 bits per heavy atom. The molecule has 0 saturated carbocycles. The monoisotopic (exact) mass is 528 g/mol. The molecule has 0 aliphatic rings. The van der Waals surface area contributed by atoms with Crippen LogP contribution in [0.4, 0.5) is 6.01 Å². The molecule has 0 radical (unpaired) electrons. The number of hydrogen-bond donors (Lipinski definition) is 4. The zero-order chi connectivity index (χ0) is 26.2. The Kier molecular flexibility index (Phi) is 10.6. The van der Waals surface area contributed by atoms with Crippen molar-refractivity contribution in [2.75, 3.05) is 29.6 Å². The van der Waals surface area contributed by atoms with Crippen molar-refractivity contribution in [2.45, 2.75) is 44.1 Å². The highest BCUT2D eigenvalue weighted by molar-refractivity contribution is 7.98. The lowest BCUT2D eigenvalue weighted by Gasteiger charge is -2.32. The third-order valence-electron chi connectivity index (χ3n) is 5.30. The van der Waals surface area contributed by atoms with Gasteiger partial charge in [0.15, 0.2) is 5.69 Å². The van der Waals surface area contributed by atoms with Crippen LogP contribution in [-0.2, 0) is 21.2 Å². The first-order valence-electron chi connectivity index (χ1n) is 10.8. The van der Waals surface area contributed by atoms with Gasteiger partial charge in [0.2, 0.25) is 15.9 Å². The standard InChI is InChI=1S/C22H32N4O7S2/c1-14(27)23-16(10-11-34-3)19(28)20(29)17(12-15-8-6-5-7-9-15)24-21(30)18-13-33-22(25-18)26(2)35(4,31)32/h5-9,13,16-17,19-20,28-29H,10-12H2,1-4H3,(H,23,27)(H,24,30). The third-order valence-corrected chi connectivity index (χ3v) is 7.10. The second-order valence-electron chi connectivity index (χ2n) is 8.09. The number of aliphatic hydroxyl groups excluding tert-OH is 2. The van der Waals surface area contributed by atoms with Gasteiger partial charge in [0, 0.05) is 14.0 Å². The number of anilines is 1. The van der Waals surface area contributed by atoms with E-state index in [0.29, 0.717) is 12.2 Å². The molecule has 2 amide bonds. The van der Waals surface area contributed by atoms with Crippen LogP contribution in [0.15, 0.2) is 41.0 Å². The quantitative estimate of drug-likeness (QED) is 0.288. The van der Waals surface area contributed by atoms with E-state index in [4.69, 9.17) is 4.42 Å². The first kappa shape index (κ1) is 28.6. The van der Waals surface area contributed by atoms with E-state index in [1.807, 2.05) is 24.5 Å². The molecule has 4 atom stereocenters. The Balaban J connectivity index is 2.27. The number of carbonyl (C=O) groups is 2. The van der Waals surface area contributed by atoms with Gasteiger partial charge in [-0.3, -0.25) is 9.59 Å². The van der Waals surface area contributed by atoms with Gasteiger partial charge in [0.05, 0.1) is 18.3 Å². The molecule has 0 aliphatic heterocycles. The molecule has 4 N–H and O–H groups in total. The van der Waals surface area contributed by atoms with Gasteiger partial charge in [-0.2, -0.15) is 16.7 Å². The lowest BCUT2D eigenvalue weighted by atomic mass is 9.93. The van der Waals surface area contributed by atoms with E-state index >= 15 is 0 Å². The molecule has 0 saturated heterocycles. The van der Waals surface area contributed by atoms with Crippen molar-refractivity contribution in [3.63, 3.8) is 0 Å². The van der Waals surface area contributed by atoms with Gasteiger partial charge < -0.3 is 25.3 Å². The van der Waals surface area contributed by atoms with E-state index < -0.39 is 40.2 Å². The second-order valence-corrected chi connectivity index (χ2v) is 11.1. The Hall–Kier alpha value is -2.61. The molecular weight excluding hydrogens is 496 g/mol. The zero-order valence-electron chi connectivity index (χ0n) is 20.0. The average Bonchev–Trinajstić information content (AvgIpc) is 3.30. The van der Waals surface area contributed by atoms with E-state index in [-0.39, 0.29) is 24.0 Å². The van der Waals surface area contributed by atoms with E-state index in [1.54, 1.807) is 12.1 Å². The van der Waals surface area contributed by atoms with E-state index in [9.17, 15) is 28.2 Å². The molecule has 0 aliphatic carbocycles. The highest BCUT2D eigenvalue weighted by Gasteiger charge is 2.34. The number of rotatable bonds is 13.